The van der Waals surface area contributed by atoms with Crippen molar-refractivity contribution in [1.29, 1.82) is 0 Å². The third kappa shape index (κ3) is 3.30. The van der Waals surface area contributed by atoms with Crippen LogP contribution in [0.3, 0.4) is 0 Å². The average molecular weight is 376 g/mol. The molecule has 0 fully saturated rings. The number of hydrogen-bond acceptors (Lipinski definition) is 4. The Hall–Kier alpha value is -4.12. The van der Waals surface area contributed by atoms with E-state index in [-0.39, 0.29) is 5.91 Å². The highest BCUT2D eigenvalue weighted by Crippen LogP contribution is 2.25. The number of amides is 1. The molecule has 1 N–H and O–H groups in total. The third-order valence-corrected chi connectivity index (χ3v) is 4.77. The molecule has 0 aliphatic rings. The fraction of sp³-hybridized carbons (Fsp3) is 0. The quantitative estimate of drug-likeness (QED) is 0.476. The summed E-state index contributed by atoms with van der Waals surface area (Å²) in [6, 6.07) is 23.0. The summed E-state index contributed by atoms with van der Waals surface area (Å²) in [4.78, 5) is 26.5. The largest absolute Gasteiger partial charge is 0.321 e. The molecular weight excluding hydrogens is 360 g/mol. The van der Waals surface area contributed by atoms with E-state index in [1.807, 2.05) is 72.8 Å². The molecule has 0 atom stereocenters. The second kappa shape index (κ2) is 7.13. The van der Waals surface area contributed by atoms with Crippen LogP contribution in [0.15, 0.2) is 91.4 Å². The van der Waals surface area contributed by atoms with E-state index in [0.717, 1.165) is 27.4 Å². The number of carbonyl (C=O) groups is 1. The highest BCUT2D eigenvalue weighted by molar-refractivity contribution is 6.13. The summed E-state index contributed by atoms with van der Waals surface area (Å²) in [6.45, 7) is 0. The molecular formula is C24H16N4O. The molecule has 5 rings (SSSR count). The van der Waals surface area contributed by atoms with Crippen molar-refractivity contribution in [3.63, 3.8) is 0 Å². The van der Waals surface area contributed by atoms with Gasteiger partial charge in [0, 0.05) is 28.7 Å². The summed E-state index contributed by atoms with van der Waals surface area (Å²) < 4.78 is 0. The number of anilines is 1. The molecule has 5 nitrogen and oxygen atoms in total. The first-order valence-electron chi connectivity index (χ1n) is 9.24. The van der Waals surface area contributed by atoms with Gasteiger partial charge in [0.1, 0.15) is 0 Å². The Morgan fingerprint density at radius 2 is 1.66 bits per heavy atom. The van der Waals surface area contributed by atoms with E-state index in [2.05, 4.69) is 15.3 Å². The zero-order chi connectivity index (χ0) is 19.6. The van der Waals surface area contributed by atoms with E-state index in [9.17, 15) is 4.79 Å². The van der Waals surface area contributed by atoms with Gasteiger partial charge < -0.3 is 5.32 Å². The summed E-state index contributed by atoms with van der Waals surface area (Å²) >= 11 is 0. The van der Waals surface area contributed by atoms with E-state index in [0.29, 0.717) is 16.9 Å². The van der Waals surface area contributed by atoms with Crippen LogP contribution >= 0.6 is 0 Å². The van der Waals surface area contributed by atoms with Gasteiger partial charge in [-0.2, -0.15) is 0 Å². The molecule has 5 aromatic rings. The Balaban J connectivity index is 1.58. The minimum atomic E-state index is -0.203. The van der Waals surface area contributed by atoms with Gasteiger partial charge in [0.2, 0.25) is 0 Å². The maximum absolute atomic E-state index is 13.2. The number of fused-ring (bicyclic) bond motifs is 2. The van der Waals surface area contributed by atoms with Gasteiger partial charge in [-0.1, -0.05) is 36.4 Å². The summed E-state index contributed by atoms with van der Waals surface area (Å²) in [5.74, 6) is -0.203. The van der Waals surface area contributed by atoms with Crippen LogP contribution in [0.25, 0.3) is 33.1 Å². The first-order valence-corrected chi connectivity index (χ1v) is 9.24. The van der Waals surface area contributed by atoms with Crippen molar-refractivity contribution in [2.45, 2.75) is 0 Å². The maximum atomic E-state index is 13.2. The number of aromatic nitrogens is 3. The summed E-state index contributed by atoms with van der Waals surface area (Å²) in [5.41, 5.74) is 4.42. The lowest BCUT2D eigenvalue weighted by molar-refractivity contribution is 0.102. The van der Waals surface area contributed by atoms with Gasteiger partial charge in [-0.05, 0) is 36.4 Å². The van der Waals surface area contributed by atoms with Gasteiger partial charge in [-0.15, -0.1) is 0 Å². The standard InChI is InChI=1S/C24H16N4O/c29-24(27-18-12-16-6-1-3-9-21(16)26-15-18)20-13-23(17-7-5-11-25-14-17)28-22-10-4-2-8-19(20)22/h1-15H,(H,27,29). The molecule has 0 spiro atoms. The van der Waals surface area contributed by atoms with Crippen LogP contribution in [0.5, 0.6) is 0 Å². The van der Waals surface area contributed by atoms with Gasteiger partial charge in [0.15, 0.2) is 0 Å². The molecule has 0 aliphatic heterocycles. The van der Waals surface area contributed by atoms with Gasteiger partial charge >= 0.3 is 0 Å². The lowest BCUT2D eigenvalue weighted by Crippen LogP contribution is -2.13. The predicted molar refractivity (Wildman–Crippen MR) is 115 cm³/mol. The van der Waals surface area contributed by atoms with E-state index in [1.54, 1.807) is 18.6 Å². The lowest BCUT2D eigenvalue weighted by atomic mass is 10.0. The molecule has 138 valence electrons. The van der Waals surface area contributed by atoms with Crippen molar-refractivity contribution in [3.8, 4) is 11.3 Å². The minimum Gasteiger partial charge on any atom is -0.321 e. The maximum Gasteiger partial charge on any atom is 0.256 e. The number of benzene rings is 2. The normalized spacial score (nSPS) is 10.9. The minimum absolute atomic E-state index is 0.203. The summed E-state index contributed by atoms with van der Waals surface area (Å²) in [6.07, 6.45) is 5.13. The molecule has 3 aromatic heterocycles. The molecule has 3 heterocycles. The highest BCUT2D eigenvalue weighted by Gasteiger charge is 2.14. The molecule has 0 radical (unpaired) electrons. The fourth-order valence-electron chi connectivity index (χ4n) is 3.36. The predicted octanol–water partition coefficient (Wildman–Crippen LogP) is 5.10. The number of pyridine rings is 3. The first-order chi connectivity index (χ1) is 14.3. The summed E-state index contributed by atoms with van der Waals surface area (Å²) in [5, 5.41) is 4.75. The van der Waals surface area contributed by atoms with Crippen LogP contribution in [-0.4, -0.2) is 20.9 Å². The van der Waals surface area contributed by atoms with Gasteiger partial charge in [-0.3, -0.25) is 14.8 Å². The number of para-hydroxylation sites is 2. The SMILES string of the molecule is O=C(Nc1cnc2ccccc2c1)c1cc(-c2cccnc2)nc2ccccc12. The Bertz CT molecular complexity index is 1350. The highest BCUT2D eigenvalue weighted by atomic mass is 16.1. The monoisotopic (exact) mass is 376 g/mol. The molecule has 0 aliphatic carbocycles. The number of carbonyl (C=O) groups excluding carboxylic acids is 1. The summed E-state index contributed by atoms with van der Waals surface area (Å²) in [7, 11) is 0. The zero-order valence-electron chi connectivity index (χ0n) is 15.4. The Labute approximate surface area is 167 Å². The second-order valence-corrected chi connectivity index (χ2v) is 6.68. The molecule has 2 aromatic carbocycles. The number of hydrogen-bond donors (Lipinski definition) is 1. The van der Waals surface area contributed by atoms with Crippen molar-refractivity contribution < 1.29 is 4.79 Å². The number of nitrogens with one attached hydrogen (secondary N) is 1. The van der Waals surface area contributed by atoms with E-state index < -0.39 is 0 Å². The smallest absolute Gasteiger partial charge is 0.256 e. The van der Waals surface area contributed by atoms with Crippen LogP contribution in [0.1, 0.15) is 10.4 Å². The Morgan fingerprint density at radius 1 is 0.828 bits per heavy atom. The van der Waals surface area contributed by atoms with Gasteiger partial charge in [0.05, 0.1) is 34.2 Å². The zero-order valence-corrected chi connectivity index (χ0v) is 15.4. The van der Waals surface area contributed by atoms with E-state index in [1.165, 1.54) is 0 Å². The van der Waals surface area contributed by atoms with Crippen molar-refractivity contribution in [1.82, 2.24) is 15.0 Å². The fourth-order valence-corrected chi connectivity index (χ4v) is 3.36. The Morgan fingerprint density at radius 3 is 2.52 bits per heavy atom. The van der Waals surface area contributed by atoms with Crippen LogP contribution in [0.4, 0.5) is 5.69 Å². The molecule has 0 unspecified atom stereocenters. The third-order valence-electron chi connectivity index (χ3n) is 4.77. The Kier molecular flexibility index (Phi) is 4.18. The molecule has 0 saturated carbocycles. The van der Waals surface area contributed by atoms with E-state index in [4.69, 9.17) is 4.98 Å². The second-order valence-electron chi connectivity index (χ2n) is 6.68. The average Bonchev–Trinajstić information content (AvgIpc) is 2.79. The molecule has 29 heavy (non-hydrogen) atoms. The van der Waals surface area contributed by atoms with Crippen LogP contribution in [-0.2, 0) is 0 Å². The van der Waals surface area contributed by atoms with Crippen molar-refractivity contribution in [2.24, 2.45) is 0 Å². The first kappa shape index (κ1) is 17.0. The lowest BCUT2D eigenvalue weighted by Gasteiger charge is -2.11. The van der Waals surface area contributed by atoms with Crippen LogP contribution < -0.4 is 5.32 Å². The van der Waals surface area contributed by atoms with E-state index >= 15 is 0 Å². The topological polar surface area (TPSA) is 67.8 Å². The van der Waals surface area contributed by atoms with Crippen LogP contribution in [0, 0.1) is 0 Å². The number of nitrogens with zero attached hydrogens (tertiary/aromatic N) is 3. The van der Waals surface area contributed by atoms with Crippen molar-refractivity contribution in [2.75, 3.05) is 5.32 Å². The van der Waals surface area contributed by atoms with Gasteiger partial charge in [-0.25, -0.2) is 4.98 Å². The number of rotatable bonds is 3. The molecule has 0 bridgehead atoms. The molecule has 5 heteroatoms. The van der Waals surface area contributed by atoms with Crippen LogP contribution in [0.2, 0.25) is 0 Å². The van der Waals surface area contributed by atoms with Crippen molar-refractivity contribution in [3.05, 3.63) is 97.0 Å². The molecule has 1 amide bonds. The van der Waals surface area contributed by atoms with Gasteiger partial charge in [0.25, 0.3) is 5.91 Å². The molecule has 0 saturated heterocycles. The van der Waals surface area contributed by atoms with Crippen molar-refractivity contribution >= 4 is 33.4 Å².